The molecular weight excluding hydrogens is 284 g/mol. The maximum absolute atomic E-state index is 12.2. The Morgan fingerprint density at radius 3 is 2.00 bits per heavy atom. The highest BCUT2D eigenvalue weighted by atomic mass is 16.5. The second kappa shape index (κ2) is 7.20. The maximum atomic E-state index is 12.2. The molecule has 1 heterocycles. The molecule has 0 aromatic rings. The molecule has 0 amide bonds. The van der Waals surface area contributed by atoms with E-state index >= 15 is 0 Å². The van der Waals surface area contributed by atoms with Gasteiger partial charge in [0.15, 0.2) is 17.3 Å². The van der Waals surface area contributed by atoms with Gasteiger partial charge in [0.05, 0.1) is 31.3 Å². The largest absolute Gasteiger partial charge is 0.497 e. The van der Waals surface area contributed by atoms with Crippen LogP contribution in [0.5, 0.6) is 0 Å². The summed E-state index contributed by atoms with van der Waals surface area (Å²) in [6, 6.07) is 5.67. The molecule has 1 saturated heterocycles. The number of carbonyl (C=O) groups excluding carboxylic acids is 1. The first kappa shape index (κ1) is 17.1. The smallest absolute Gasteiger partial charge is 0.192 e. The topological polar surface area (TPSA) is 128 Å². The lowest BCUT2D eigenvalue weighted by Gasteiger charge is -2.27. The number of hydrogen-bond donors (Lipinski definition) is 0. The van der Waals surface area contributed by atoms with Crippen molar-refractivity contribution in [3.63, 3.8) is 0 Å². The Bertz CT molecular complexity index is 627. The van der Waals surface area contributed by atoms with Crippen molar-refractivity contribution >= 4 is 5.78 Å². The molecule has 8 nitrogen and oxygen atoms in total. The molecule has 0 bridgehead atoms. The molecule has 1 aliphatic rings. The molecule has 0 aromatic heterocycles. The van der Waals surface area contributed by atoms with Crippen LogP contribution in [0.25, 0.3) is 0 Å². The average molecular weight is 298 g/mol. The van der Waals surface area contributed by atoms with Crippen molar-refractivity contribution in [3.8, 4) is 24.3 Å². The fourth-order valence-electron chi connectivity index (χ4n) is 2.42. The molecular formula is C14H14N6O2. The summed E-state index contributed by atoms with van der Waals surface area (Å²) in [4.78, 5) is 12.2. The van der Waals surface area contributed by atoms with Gasteiger partial charge in [-0.25, -0.2) is 10.0 Å². The lowest BCUT2D eigenvalue weighted by Crippen LogP contribution is -2.43. The lowest BCUT2D eigenvalue weighted by atomic mass is 9.95. The van der Waals surface area contributed by atoms with E-state index in [9.17, 15) is 4.79 Å². The van der Waals surface area contributed by atoms with Gasteiger partial charge >= 0.3 is 0 Å². The van der Waals surface area contributed by atoms with Gasteiger partial charge in [-0.05, 0) is 6.42 Å². The number of ether oxygens (including phenoxy) is 1. The highest BCUT2D eigenvalue weighted by Crippen LogP contribution is 2.30. The monoisotopic (exact) mass is 298 g/mol. The van der Waals surface area contributed by atoms with Crippen LogP contribution in [0.4, 0.5) is 0 Å². The van der Waals surface area contributed by atoms with Gasteiger partial charge in [-0.3, -0.25) is 4.79 Å². The minimum Gasteiger partial charge on any atom is -0.497 e. The number of methoxy groups -OCH3 is 1. The van der Waals surface area contributed by atoms with Crippen molar-refractivity contribution in [1.82, 2.24) is 10.0 Å². The second-order valence-corrected chi connectivity index (χ2v) is 4.68. The zero-order valence-electron chi connectivity index (χ0n) is 12.4. The van der Waals surface area contributed by atoms with Crippen molar-refractivity contribution in [2.45, 2.75) is 18.5 Å². The zero-order valence-corrected chi connectivity index (χ0v) is 12.4. The van der Waals surface area contributed by atoms with Crippen molar-refractivity contribution in [2.24, 2.45) is 5.92 Å². The molecule has 112 valence electrons. The molecule has 22 heavy (non-hydrogen) atoms. The Balaban J connectivity index is 3.17. The number of nitriles is 4. The quantitative estimate of drug-likeness (QED) is 0.527. The van der Waals surface area contributed by atoms with Gasteiger partial charge in [0.25, 0.3) is 0 Å². The molecule has 2 unspecified atom stereocenters. The number of carbonyl (C=O) groups is 1. The number of Topliss-reactive ketones (excluding diaryl/α,β-unsaturated/α-hetero) is 1. The van der Waals surface area contributed by atoms with Gasteiger partial charge in [0.2, 0.25) is 0 Å². The summed E-state index contributed by atoms with van der Waals surface area (Å²) in [5, 5.41) is 38.9. The summed E-state index contributed by atoms with van der Waals surface area (Å²) in [7, 11) is 4.66. The number of ketones is 1. The number of hydrazine groups is 1. The molecule has 0 N–H and O–H groups in total. The van der Waals surface area contributed by atoms with Gasteiger partial charge in [-0.15, -0.1) is 0 Å². The molecule has 1 aliphatic heterocycles. The maximum Gasteiger partial charge on any atom is 0.192 e. The Morgan fingerprint density at radius 1 is 1.09 bits per heavy atom. The predicted molar refractivity (Wildman–Crippen MR) is 72.7 cm³/mol. The summed E-state index contributed by atoms with van der Waals surface area (Å²) in [6.45, 7) is 0. The normalized spacial score (nSPS) is 21.3. The fourth-order valence-corrected chi connectivity index (χ4v) is 2.42. The predicted octanol–water partition coefficient (Wildman–Crippen LogP) is 0.0860. The molecule has 0 saturated carbocycles. The minimum atomic E-state index is -1.35. The standard InChI is InChI=1S/C14H14N6O2/c1-19-11(13(21)9(5-15)6-16)4-12(20(19)2)14(22-3)10(7-17)8-18/h9,11-12H,4H2,1-3H3. The van der Waals surface area contributed by atoms with Crippen LogP contribution in [0.1, 0.15) is 6.42 Å². The van der Waals surface area contributed by atoms with Crippen LogP contribution >= 0.6 is 0 Å². The third kappa shape index (κ3) is 2.90. The second-order valence-electron chi connectivity index (χ2n) is 4.68. The van der Waals surface area contributed by atoms with E-state index in [1.165, 1.54) is 7.11 Å². The molecule has 2 atom stereocenters. The van der Waals surface area contributed by atoms with Crippen LogP contribution in [-0.4, -0.2) is 49.1 Å². The highest BCUT2D eigenvalue weighted by molar-refractivity contribution is 5.90. The first-order chi connectivity index (χ1) is 10.5. The van der Waals surface area contributed by atoms with Crippen molar-refractivity contribution in [3.05, 3.63) is 11.3 Å². The summed E-state index contributed by atoms with van der Waals surface area (Å²) >= 11 is 0. The van der Waals surface area contributed by atoms with Gasteiger partial charge < -0.3 is 4.74 Å². The third-order valence-electron chi connectivity index (χ3n) is 3.71. The minimum absolute atomic E-state index is 0.167. The first-order valence-electron chi connectivity index (χ1n) is 6.33. The van der Waals surface area contributed by atoms with E-state index in [-0.39, 0.29) is 17.8 Å². The van der Waals surface area contributed by atoms with E-state index in [1.54, 1.807) is 48.4 Å². The van der Waals surface area contributed by atoms with Crippen LogP contribution < -0.4 is 0 Å². The summed E-state index contributed by atoms with van der Waals surface area (Å²) in [5.74, 6) is -1.69. The van der Waals surface area contributed by atoms with Crippen molar-refractivity contribution in [1.29, 1.82) is 21.0 Å². The number of likely N-dealkylation sites (N-methyl/N-ethyl adjacent to an activating group) is 2. The average Bonchev–Trinajstić information content (AvgIpc) is 2.82. The van der Waals surface area contributed by atoms with Gasteiger partial charge in [-0.1, -0.05) is 0 Å². The van der Waals surface area contributed by atoms with Gasteiger partial charge in [0.1, 0.15) is 17.9 Å². The van der Waals surface area contributed by atoms with Crippen molar-refractivity contribution in [2.75, 3.05) is 21.2 Å². The van der Waals surface area contributed by atoms with Gasteiger partial charge in [0, 0.05) is 14.1 Å². The SMILES string of the molecule is COC(=C(C#N)C#N)C1CC(C(=O)C(C#N)C#N)N(C)N1C. The Hall–Kier alpha value is -2.91. The molecule has 0 aliphatic carbocycles. The number of allylic oxidation sites excluding steroid dienone is 1. The molecule has 0 spiro atoms. The first-order valence-corrected chi connectivity index (χ1v) is 6.33. The summed E-state index contributed by atoms with van der Waals surface area (Å²) in [5.41, 5.74) is -0.169. The Labute approximate surface area is 128 Å². The van der Waals surface area contributed by atoms with E-state index in [0.29, 0.717) is 0 Å². The van der Waals surface area contributed by atoms with E-state index < -0.39 is 23.8 Å². The van der Waals surface area contributed by atoms with Crippen LogP contribution in [0.2, 0.25) is 0 Å². The Kier molecular flexibility index (Phi) is 5.61. The highest BCUT2D eigenvalue weighted by Gasteiger charge is 2.44. The number of hydrogen-bond acceptors (Lipinski definition) is 8. The third-order valence-corrected chi connectivity index (χ3v) is 3.71. The lowest BCUT2D eigenvalue weighted by molar-refractivity contribution is -0.127. The molecule has 0 radical (unpaired) electrons. The van der Waals surface area contributed by atoms with Crippen LogP contribution in [-0.2, 0) is 9.53 Å². The summed E-state index contributed by atoms with van der Waals surface area (Å²) in [6.07, 6.45) is 0.224. The number of rotatable bonds is 4. The molecule has 1 rings (SSSR count). The van der Waals surface area contributed by atoms with E-state index in [4.69, 9.17) is 25.8 Å². The molecule has 8 heteroatoms. The van der Waals surface area contributed by atoms with Crippen LogP contribution in [0.15, 0.2) is 11.3 Å². The van der Waals surface area contributed by atoms with E-state index in [0.717, 1.165) is 0 Å². The fraction of sp³-hybridized carbons (Fsp3) is 0.500. The summed E-state index contributed by atoms with van der Waals surface area (Å²) < 4.78 is 5.16. The number of nitrogens with zero attached hydrogens (tertiary/aromatic N) is 6. The van der Waals surface area contributed by atoms with E-state index in [2.05, 4.69) is 0 Å². The Morgan fingerprint density at radius 2 is 1.59 bits per heavy atom. The van der Waals surface area contributed by atoms with Gasteiger partial charge in [-0.2, -0.15) is 21.0 Å². The van der Waals surface area contributed by atoms with Crippen molar-refractivity contribution < 1.29 is 9.53 Å². The van der Waals surface area contributed by atoms with Crippen LogP contribution in [0.3, 0.4) is 0 Å². The molecule has 1 fully saturated rings. The molecule has 0 aromatic carbocycles. The van der Waals surface area contributed by atoms with E-state index in [1.807, 2.05) is 0 Å². The van der Waals surface area contributed by atoms with Crippen LogP contribution in [0, 0.1) is 51.2 Å². The zero-order chi connectivity index (χ0) is 16.9.